The second-order valence-electron chi connectivity index (χ2n) is 6.19. The van der Waals surface area contributed by atoms with Crippen LogP contribution in [0.3, 0.4) is 0 Å². The number of benzene rings is 2. The minimum absolute atomic E-state index is 0.0406. The number of hydrogen-bond acceptors (Lipinski definition) is 4. The molecule has 8 heteroatoms. The molecule has 0 aliphatic carbocycles. The number of halogens is 2. The third kappa shape index (κ3) is 5.03. The maximum Gasteiger partial charge on any atom is 0.288 e. The molecule has 2 atom stereocenters. The molecule has 27 heavy (non-hydrogen) atoms. The molecule has 0 fully saturated rings. The second kappa shape index (κ2) is 8.77. The highest BCUT2D eigenvalue weighted by Gasteiger charge is 2.22. The lowest BCUT2D eigenvalue weighted by atomic mass is 10.3. The minimum Gasteiger partial charge on any atom is -0.322 e. The Bertz CT molecular complexity index is 899. The number of fused-ring (bicyclic) bond motifs is 1. The van der Waals surface area contributed by atoms with Crippen LogP contribution < -0.4 is 10.2 Å². The van der Waals surface area contributed by atoms with E-state index in [0.717, 1.165) is 20.1 Å². The van der Waals surface area contributed by atoms with E-state index in [1.165, 1.54) is 0 Å². The van der Waals surface area contributed by atoms with Crippen molar-refractivity contribution in [2.45, 2.75) is 23.6 Å². The Hall–Kier alpha value is -2.03. The number of thiazole rings is 1. The van der Waals surface area contributed by atoms with Crippen molar-refractivity contribution >= 4 is 44.9 Å². The van der Waals surface area contributed by atoms with Gasteiger partial charge in [0.05, 0.1) is 23.0 Å². The van der Waals surface area contributed by atoms with E-state index in [1.54, 1.807) is 35.6 Å². The van der Waals surface area contributed by atoms with Crippen LogP contribution in [-0.4, -0.2) is 30.2 Å². The number of carbonyl (C=O) groups excluding carboxylic acids is 1. The van der Waals surface area contributed by atoms with Gasteiger partial charge in [0.1, 0.15) is 6.04 Å². The fraction of sp³-hybridized carbons (Fsp3) is 0.263. The van der Waals surface area contributed by atoms with E-state index >= 15 is 0 Å². The molecule has 0 radical (unpaired) electrons. The summed E-state index contributed by atoms with van der Waals surface area (Å²) in [5, 5.41) is 3.72. The number of alkyl halides is 2. The molecular formula is C19H20F2N3OS2+. The summed E-state index contributed by atoms with van der Waals surface area (Å²) in [6, 6.07) is 14.6. The van der Waals surface area contributed by atoms with Gasteiger partial charge in [0.2, 0.25) is 0 Å². The summed E-state index contributed by atoms with van der Waals surface area (Å²) in [6.07, 6.45) is 0. The number of thioether (sulfide) groups is 1. The molecule has 3 rings (SSSR count). The third-order valence-corrected chi connectivity index (χ3v) is 6.24. The molecule has 4 nitrogen and oxygen atoms in total. The van der Waals surface area contributed by atoms with Gasteiger partial charge in [-0.3, -0.25) is 4.79 Å². The molecule has 2 N–H and O–H groups in total. The molecule has 142 valence electrons. The Morgan fingerprint density at radius 3 is 2.67 bits per heavy atom. The molecule has 3 aromatic rings. The number of likely N-dealkylation sites (N-methyl/N-ethyl adjacent to an activating group) is 1. The van der Waals surface area contributed by atoms with E-state index in [4.69, 9.17) is 0 Å². The fourth-order valence-corrected chi connectivity index (χ4v) is 4.36. The van der Waals surface area contributed by atoms with E-state index < -0.39 is 5.76 Å². The van der Waals surface area contributed by atoms with Gasteiger partial charge < -0.3 is 10.2 Å². The maximum absolute atomic E-state index is 12.7. The summed E-state index contributed by atoms with van der Waals surface area (Å²) in [7, 11) is 1.93. The number of nitrogens with zero attached hydrogens (tertiary/aromatic N) is 1. The summed E-state index contributed by atoms with van der Waals surface area (Å²) in [5.74, 6) is -2.75. The van der Waals surface area contributed by atoms with Crippen LogP contribution in [0.25, 0.3) is 10.2 Å². The number of nitrogens with one attached hydrogen (secondary N) is 2. The number of hydrogen-bond donors (Lipinski definition) is 2. The Labute approximate surface area is 164 Å². The van der Waals surface area contributed by atoms with Crippen molar-refractivity contribution in [2.24, 2.45) is 0 Å². The largest absolute Gasteiger partial charge is 0.322 e. The van der Waals surface area contributed by atoms with Crippen LogP contribution in [0.15, 0.2) is 53.4 Å². The van der Waals surface area contributed by atoms with E-state index in [0.29, 0.717) is 22.3 Å². The number of rotatable bonds is 7. The molecule has 0 aliphatic heterocycles. The van der Waals surface area contributed by atoms with Crippen molar-refractivity contribution in [1.29, 1.82) is 0 Å². The number of anilines is 1. The molecule has 0 aliphatic rings. The highest BCUT2D eigenvalue weighted by Crippen LogP contribution is 2.31. The van der Waals surface area contributed by atoms with E-state index in [9.17, 15) is 13.6 Å². The molecule has 0 saturated heterocycles. The standard InChI is InChI=1S/C19H19F2N3OS2/c1-12(18-23-14-8-4-5-9-15(14)26-18)24(2)11-17(25)22-13-7-3-6-10-16(13)27-19(20)21/h3-10,12,19H,11H2,1-2H3,(H,22,25)/p+1/t12-/m1/s1. The molecule has 0 bridgehead atoms. The molecule has 1 aromatic heterocycles. The van der Waals surface area contributed by atoms with Crippen LogP contribution in [0.5, 0.6) is 0 Å². The van der Waals surface area contributed by atoms with Crippen LogP contribution >= 0.6 is 23.1 Å². The predicted octanol–water partition coefficient (Wildman–Crippen LogP) is 3.83. The van der Waals surface area contributed by atoms with E-state index in [2.05, 4.69) is 10.3 Å². The van der Waals surface area contributed by atoms with Crippen molar-refractivity contribution in [3.05, 3.63) is 53.5 Å². The fourth-order valence-electron chi connectivity index (χ4n) is 2.66. The van der Waals surface area contributed by atoms with Gasteiger partial charge >= 0.3 is 0 Å². The van der Waals surface area contributed by atoms with Crippen LogP contribution in [0.1, 0.15) is 18.0 Å². The Morgan fingerprint density at radius 2 is 1.93 bits per heavy atom. The molecule has 1 heterocycles. The Balaban J connectivity index is 1.65. The predicted molar refractivity (Wildman–Crippen MR) is 107 cm³/mol. The molecule has 1 amide bonds. The molecular weight excluding hydrogens is 388 g/mol. The number of para-hydroxylation sites is 2. The van der Waals surface area contributed by atoms with Gasteiger partial charge in [-0.1, -0.05) is 36.0 Å². The highest BCUT2D eigenvalue weighted by atomic mass is 32.2. The van der Waals surface area contributed by atoms with Crippen LogP contribution in [-0.2, 0) is 4.79 Å². The summed E-state index contributed by atoms with van der Waals surface area (Å²) in [4.78, 5) is 18.4. The first-order chi connectivity index (χ1) is 12.9. The topological polar surface area (TPSA) is 46.4 Å². The van der Waals surface area contributed by atoms with Crippen LogP contribution in [0.2, 0.25) is 0 Å². The lowest BCUT2D eigenvalue weighted by Gasteiger charge is -2.19. The smallest absolute Gasteiger partial charge is 0.288 e. The second-order valence-corrected chi connectivity index (χ2v) is 8.28. The normalized spacial score (nSPS) is 13.7. The van der Waals surface area contributed by atoms with Gasteiger partial charge in [0.25, 0.3) is 11.7 Å². The van der Waals surface area contributed by atoms with Crippen LogP contribution in [0, 0.1) is 0 Å². The number of quaternary nitrogens is 1. The first-order valence-electron chi connectivity index (χ1n) is 8.45. The summed E-state index contributed by atoms with van der Waals surface area (Å²) < 4.78 is 26.5. The summed E-state index contributed by atoms with van der Waals surface area (Å²) in [6.45, 7) is 2.24. The molecule has 0 saturated carbocycles. The first kappa shape index (κ1) is 19.7. The zero-order valence-corrected chi connectivity index (χ0v) is 16.5. The van der Waals surface area contributed by atoms with Gasteiger partial charge in [-0.05, 0) is 31.2 Å². The Morgan fingerprint density at radius 1 is 1.22 bits per heavy atom. The average Bonchev–Trinajstić information content (AvgIpc) is 3.06. The van der Waals surface area contributed by atoms with Gasteiger partial charge in [0, 0.05) is 4.90 Å². The molecule has 1 unspecified atom stereocenters. The van der Waals surface area contributed by atoms with E-state index in [1.807, 2.05) is 38.2 Å². The van der Waals surface area contributed by atoms with Crippen molar-refractivity contribution in [3.8, 4) is 0 Å². The van der Waals surface area contributed by atoms with Crippen molar-refractivity contribution < 1.29 is 18.5 Å². The average molecular weight is 409 g/mol. The SMILES string of the molecule is C[C@H](c1nc2ccccc2s1)[NH+](C)CC(=O)Nc1ccccc1SC(F)F. The van der Waals surface area contributed by atoms with Crippen molar-refractivity contribution in [2.75, 3.05) is 18.9 Å². The zero-order chi connectivity index (χ0) is 19.4. The lowest BCUT2D eigenvalue weighted by Crippen LogP contribution is -3.10. The number of aromatic nitrogens is 1. The highest BCUT2D eigenvalue weighted by molar-refractivity contribution is 7.99. The van der Waals surface area contributed by atoms with Gasteiger partial charge in [-0.15, -0.1) is 11.3 Å². The van der Waals surface area contributed by atoms with Crippen LogP contribution in [0.4, 0.5) is 14.5 Å². The van der Waals surface area contributed by atoms with E-state index in [-0.39, 0.29) is 18.5 Å². The Kier molecular flexibility index (Phi) is 6.41. The van der Waals surface area contributed by atoms with Gasteiger partial charge in [-0.2, -0.15) is 8.78 Å². The summed E-state index contributed by atoms with van der Waals surface area (Å²) >= 11 is 2.05. The number of amides is 1. The summed E-state index contributed by atoms with van der Waals surface area (Å²) in [5.41, 5.74) is 1.37. The monoisotopic (exact) mass is 408 g/mol. The minimum atomic E-state index is -2.53. The number of carbonyl (C=O) groups is 1. The van der Waals surface area contributed by atoms with Gasteiger partial charge in [-0.25, -0.2) is 4.98 Å². The quantitative estimate of drug-likeness (QED) is 0.584. The molecule has 2 aromatic carbocycles. The zero-order valence-electron chi connectivity index (χ0n) is 14.9. The molecule has 0 spiro atoms. The van der Waals surface area contributed by atoms with Crippen molar-refractivity contribution in [3.63, 3.8) is 0 Å². The first-order valence-corrected chi connectivity index (χ1v) is 10.1. The van der Waals surface area contributed by atoms with Crippen molar-refractivity contribution in [1.82, 2.24) is 4.98 Å². The lowest BCUT2D eigenvalue weighted by molar-refractivity contribution is -0.902. The maximum atomic E-state index is 12.7. The van der Waals surface area contributed by atoms with Gasteiger partial charge in [0.15, 0.2) is 11.6 Å². The third-order valence-electron chi connectivity index (χ3n) is 4.24.